The normalized spacial score (nSPS) is 12.2. The molecule has 156 valence electrons. The van der Waals surface area contributed by atoms with Gasteiger partial charge in [0.25, 0.3) is 10.0 Å². The summed E-state index contributed by atoms with van der Waals surface area (Å²) in [5, 5.41) is 2.10. The van der Waals surface area contributed by atoms with E-state index in [4.69, 9.17) is 0 Å². The lowest BCUT2D eigenvalue weighted by Crippen LogP contribution is -2.22. The van der Waals surface area contributed by atoms with Crippen molar-refractivity contribution in [2.75, 3.05) is 10.0 Å². The molecule has 0 saturated heterocycles. The highest BCUT2D eigenvalue weighted by Gasteiger charge is 2.17. The van der Waals surface area contributed by atoms with E-state index in [0.717, 1.165) is 10.5 Å². The van der Waals surface area contributed by atoms with Crippen LogP contribution in [0.5, 0.6) is 0 Å². The molecule has 0 spiro atoms. The smallest absolute Gasteiger partial charge is 0.261 e. The van der Waals surface area contributed by atoms with Gasteiger partial charge in [-0.3, -0.25) is 9.52 Å². The molecule has 3 aromatic carbocycles. The molecule has 1 unspecified atom stereocenters. The Morgan fingerprint density at radius 1 is 0.967 bits per heavy atom. The van der Waals surface area contributed by atoms with E-state index in [-0.39, 0.29) is 16.5 Å². The highest BCUT2D eigenvalue weighted by molar-refractivity contribution is 8.00. The number of para-hydroxylation sites is 1. The monoisotopic (exact) mass is 444 g/mol. The second-order valence-corrected chi connectivity index (χ2v) is 9.77. The highest BCUT2D eigenvalue weighted by Crippen LogP contribution is 2.27. The highest BCUT2D eigenvalue weighted by atomic mass is 32.2. The van der Waals surface area contributed by atoms with Gasteiger partial charge in [0.05, 0.1) is 15.8 Å². The summed E-state index contributed by atoms with van der Waals surface area (Å²) < 4.78 is 41.2. The van der Waals surface area contributed by atoms with Crippen LogP contribution in [0.4, 0.5) is 15.8 Å². The van der Waals surface area contributed by atoms with Crippen LogP contribution >= 0.6 is 11.8 Å². The van der Waals surface area contributed by atoms with Crippen LogP contribution in [-0.4, -0.2) is 19.6 Å². The van der Waals surface area contributed by atoms with E-state index >= 15 is 0 Å². The number of halogens is 1. The standard InChI is InChI=1S/C22H21FN2O3S2/c1-15-7-13-19(14-8-15)30(27,28)25-17-9-11-18(12-10-17)29-16(2)22(26)24-21-6-4-3-5-20(21)23/h3-14,16,25H,1-2H3,(H,24,26). The SMILES string of the molecule is Cc1ccc(S(=O)(=O)Nc2ccc(SC(C)C(=O)Nc3ccccc3F)cc2)cc1. The summed E-state index contributed by atoms with van der Waals surface area (Å²) in [5.41, 5.74) is 1.53. The molecule has 3 aromatic rings. The zero-order valence-electron chi connectivity index (χ0n) is 16.4. The van der Waals surface area contributed by atoms with Gasteiger partial charge in [0, 0.05) is 10.6 Å². The Balaban J connectivity index is 1.62. The molecule has 30 heavy (non-hydrogen) atoms. The van der Waals surface area contributed by atoms with Crippen LogP contribution in [-0.2, 0) is 14.8 Å². The third kappa shape index (κ3) is 5.61. The lowest BCUT2D eigenvalue weighted by molar-refractivity contribution is -0.115. The Kier molecular flexibility index (Phi) is 6.79. The molecule has 0 saturated carbocycles. The molecule has 0 fully saturated rings. The van der Waals surface area contributed by atoms with Gasteiger partial charge in [-0.25, -0.2) is 12.8 Å². The van der Waals surface area contributed by atoms with Crippen LogP contribution in [0.1, 0.15) is 12.5 Å². The molecule has 0 bridgehead atoms. The summed E-state index contributed by atoms with van der Waals surface area (Å²) in [4.78, 5) is 13.3. The number of carbonyl (C=O) groups is 1. The zero-order valence-corrected chi connectivity index (χ0v) is 18.1. The number of amides is 1. The molecule has 2 N–H and O–H groups in total. The third-order valence-electron chi connectivity index (χ3n) is 4.25. The summed E-state index contributed by atoms with van der Waals surface area (Å²) in [5.74, 6) is -0.817. The number of aryl methyl sites for hydroxylation is 1. The van der Waals surface area contributed by atoms with E-state index in [9.17, 15) is 17.6 Å². The number of thioether (sulfide) groups is 1. The molecule has 0 aliphatic heterocycles. The third-order valence-corrected chi connectivity index (χ3v) is 6.76. The Hall–Kier alpha value is -2.84. The second kappa shape index (κ2) is 9.32. The van der Waals surface area contributed by atoms with Gasteiger partial charge in [0.15, 0.2) is 0 Å². The summed E-state index contributed by atoms with van der Waals surface area (Å²) in [6, 6.07) is 19.3. The minimum atomic E-state index is -3.67. The molecule has 0 aliphatic rings. The average Bonchev–Trinajstić information content (AvgIpc) is 2.71. The van der Waals surface area contributed by atoms with Crippen molar-refractivity contribution in [3.05, 3.63) is 84.2 Å². The Bertz CT molecular complexity index is 1130. The average molecular weight is 445 g/mol. The summed E-state index contributed by atoms with van der Waals surface area (Å²) >= 11 is 1.29. The topological polar surface area (TPSA) is 75.3 Å². The van der Waals surface area contributed by atoms with Crippen LogP contribution in [0.3, 0.4) is 0 Å². The molecule has 0 heterocycles. The predicted molar refractivity (Wildman–Crippen MR) is 119 cm³/mol. The lowest BCUT2D eigenvalue weighted by Gasteiger charge is -2.13. The Morgan fingerprint density at radius 3 is 2.23 bits per heavy atom. The molecule has 8 heteroatoms. The van der Waals surface area contributed by atoms with Gasteiger partial charge >= 0.3 is 0 Å². The number of sulfonamides is 1. The maximum Gasteiger partial charge on any atom is 0.261 e. The first kappa shape index (κ1) is 21.9. The van der Waals surface area contributed by atoms with Crippen molar-refractivity contribution in [3.63, 3.8) is 0 Å². The van der Waals surface area contributed by atoms with Crippen LogP contribution in [0.25, 0.3) is 0 Å². The zero-order chi connectivity index (χ0) is 21.7. The molecule has 1 amide bonds. The molecule has 0 radical (unpaired) electrons. The van der Waals surface area contributed by atoms with Crippen LogP contribution in [0.15, 0.2) is 82.6 Å². The van der Waals surface area contributed by atoms with E-state index in [2.05, 4.69) is 10.0 Å². The van der Waals surface area contributed by atoms with Gasteiger partial charge in [-0.2, -0.15) is 0 Å². The number of carbonyl (C=O) groups excluding carboxylic acids is 1. The summed E-state index contributed by atoms with van der Waals surface area (Å²) in [7, 11) is -3.67. The van der Waals surface area contributed by atoms with Crippen molar-refractivity contribution in [3.8, 4) is 0 Å². The van der Waals surface area contributed by atoms with Gasteiger partial charge in [-0.05, 0) is 62.4 Å². The summed E-state index contributed by atoms with van der Waals surface area (Å²) in [6.07, 6.45) is 0. The predicted octanol–water partition coefficient (Wildman–Crippen LogP) is 5.05. The Morgan fingerprint density at radius 2 is 1.60 bits per heavy atom. The van der Waals surface area contributed by atoms with Crippen molar-refractivity contribution >= 4 is 39.1 Å². The molecule has 5 nitrogen and oxygen atoms in total. The number of hydrogen-bond donors (Lipinski definition) is 2. The van der Waals surface area contributed by atoms with Crippen LogP contribution in [0.2, 0.25) is 0 Å². The maximum absolute atomic E-state index is 13.7. The van der Waals surface area contributed by atoms with E-state index in [1.807, 2.05) is 6.92 Å². The quantitative estimate of drug-likeness (QED) is 0.500. The van der Waals surface area contributed by atoms with E-state index in [0.29, 0.717) is 5.69 Å². The largest absolute Gasteiger partial charge is 0.323 e. The van der Waals surface area contributed by atoms with Gasteiger partial charge in [0.2, 0.25) is 5.91 Å². The first-order chi connectivity index (χ1) is 14.2. The number of rotatable bonds is 7. The van der Waals surface area contributed by atoms with Crippen molar-refractivity contribution in [1.29, 1.82) is 0 Å². The number of hydrogen-bond acceptors (Lipinski definition) is 4. The number of benzene rings is 3. The van der Waals surface area contributed by atoms with Crippen LogP contribution < -0.4 is 10.0 Å². The number of nitrogens with one attached hydrogen (secondary N) is 2. The molecule has 1 atom stereocenters. The van der Waals surface area contributed by atoms with E-state index < -0.39 is 21.1 Å². The fourth-order valence-corrected chi connectivity index (χ4v) is 4.51. The maximum atomic E-state index is 13.7. The van der Waals surface area contributed by atoms with Crippen molar-refractivity contribution in [1.82, 2.24) is 0 Å². The first-order valence-electron chi connectivity index (χ1n) is 9.16. The summed E-state index contributed by atoms with van der Waals surface area (Å²) in [6.45, 7) is 3.60. The second-order valence-electron chi connectivity index (χ2n) is 6.67. The Labute approximate surface area is 179 Å². The molecule has 0 aromatic heterocycles. The fourth-order valence-electron chi connectivity index (χ4n) is 2.59. The van der Waals surface area contributed by atoms with E-state index in [1.165, 1.54) is 23.9 Å². The minimum Gasteiger partial charge on any atom is -0.323 e. The fraction of sp³-hybridized carbons (Fsp3) is 0.136. The molecular formula is C22H21FN2O3S2. The van der Waals surface area contributed by atoms with Gasteiger partial charge in [-0.1, -0.05) is 29.8 Å². The first-order valence-corrected chi connectivity index (χ1v) is 11.5. The van der Waals surface area contributed by atoms with Gasteiger partial charge < -0.3 is 5.32 Å². The van der Waals surface area contributed by atoms with Crippen molar-refractivity contribution < 1.29 is 17.6 Å². The lowest BCUT2D eigenvalue weighted by atomic mass is 10.2. The van der Waals surface area contributed by atoms with E-state index in [1.54, 1.807) is 67.6 Å². The molecule has 3 rings (SSSR count). The van der Waals surface area contributed by atoms with Gasteiger partial charge in [-0.15, -0.1) is 11.8 Å². The van der Waals surface area contributed by atoms with Crippen molar-refractivity contribution in [2.24, 2.45) is 0 Å². The van der Waals surface area contributed by atoms with Crippen molar-refractivity contribution in [2.45, 2.75) is 28.9 Å². The molecule has 0 aliphatic carbocycles. The molecular weight excluding hydrogens is 423 g/mol. The number of anilines is 2. The van der Waals surface area contributed by atoms with Gasteiger partial charge in [0.1, 0.15) is 5.82 Å². The minimum absolute atomic E-state index is 0.135. The van der Waals surface area contributed by atoms with Crippen LogP contribution in [0, 0.1) is 12.7 Å².